The largest absolute Gasteiger partial charge is 0.366 e. The highest BCUT2D eigenvalue weighted by atomic mass is 16.5. The highest BCUT2D eigenvalue weighted by Crippen LogP contribution is 2.48. The fourth-order valence-corrected chi connectivity index (χ4v) is 3.42. The van der Waals surface area contributed by atoms with E-state index in [0.29, 0.717) is 0 Å². The van der Waals surface area contributed by atoms with Crippen molar-refractivity contribution in [2.45, 2.75) is 58.7 Å². The third-order valence-corrected chi connectivity index (χ3v) is 4.93. The van der Waals surface area contributed by atoms with Gasteiger partial charge in [0.2, 0.25) is 0 Å². The van der Waals surface area contributed by atoms with E-state index in [2.05, 4.69) is 32.9 Å². The molecule has 1 spiro atoms. The quantitative estimate of drug-likeness (QED) is 0.647. The first-order valence-electron chi connectivity index (χ1n) is 6.86. The second kappa shape index (κ2) is 3.84. The number of fused-ring (bicyclic) bond motifs is 2. The molecular formula is C16H22O. The minimum absolute atomic E-state index is 0.0697. The Labute approximate surface area is 104 Å². The van der Waals surface area contributed by atoms with Crippen molar-refractivity contribution in [3.05, 3.63) is 34.4 Å². The van der Waals surface area contributed by atoms with Crippen LogP contribution >= 0.6 is 0 Å². The maximum absolute atomic E-state index is 6.24. The first kappa shape index (κ1) is 11.3. The number of hydrogen-bond acceptors (Lipinski definition) is 1. The van der Waals surface area contributed by atoms with Gasteiger partial charge in [-0.15, -0.1) is 0 Å². The molecule has 0 aromatic heterocycles. The number of rotatable bonds is 0. The van der Waals surface area contributed by atoms with Crippen molar-refractivity contribution in [1.82, 2.24) is 0 Å². The Hall–Kier alpha value is -0.820. The van der Waals surface area contributed by atoms with Crippen LogP contribution in [0.5, 0.6) is 0 Å². The number of benzene rings is 1. The molecule has 1 aromatic carbocycles. The Balaban J connectivity index is 2.01. The van der Waals surface area contributed by atoms with Crippen molar-refractivity contribution in [3.8, 4) is 0 Å². The molecule has 0 bridgehead atoms. The van der Waals surface area contributed by atoms with Gasteiger partial charge in [0.1, 0.15) is 0 Å². The summed E-state index contributed by atoms with van der Waals surface area (Å²) in [5, 5.41) is 0. The molecule has 2 aliphatic rings. The van der Waals surface area contributed by atoms with Crippen molar-refractivity contribution < 1.29 is 4.74 Å². The Bertz CT molecular complexity index is 439. The lowest BCUT2D eigenvalue weighted by Gasteiger charge is -2.36. The molecule has 0 atom stereocenters. The van der Waals surface area contributed by atoms with Crippen LogP contribution < -0.4 is 0 Å². The van der Waals surface area contributed by atoms with Crippen LogP contribution in [0.3, 0.4) is 0 Å². The van der Waals surface area contributed by atoms with E-state index in [1.165, 1.54) is 47.9 Å². The fraction of sp³-hybridized carbons (Fsp3) is 0.625. The van der Waals surface area contributed by atoms with Gasteiger partial charge in [0.25, 0.3) is 0 Å². The normalized spacial score (nSPS) is 31.8. The molecule has 3 rings (SSSR count). The van der Waals surface area contributed by atoms with E-state index in [0.717, 1.165) is 12.5 Å². The standard InChI is InChI=1S/C16H22O/c1-11-6-8-16(9-7-11)15-5-4-12(2)13(3)14(15)10-17-16/h4-5,11H,6-10H2,1-3H3. The third kappa shape index (κ3) is 1.63. The number of ether oxygens (including phenoxy) is 1. The molecule has 0 saturated heterocycles. The summed E-state index contributed by atoms with van der Waals surface area (Å²) in [7, 11) is 0. The lowest BCUT2D eigenvalue weighted by molar-refractivity contribution is -0.0711. The van der Waals surface area contributed by atoms with Crippen LogP contribution in [0.1, 0.15) is 54.9 Å². The summed E-state index contributed by atoms with van der Waals surface area (Å²) in [5.41, 5.74) is 5.87. The molecule has 1 heterocycles. The summed E-state index contributed by atoms with van der Waals surface area (Å²) in [6.07, 6.45) is 5.05. The third-order valence-electron chi connectivity index (χ3n) is 4.93. The summed E-state index contributed by atoms with van der Waals surface area (Å²) >= 11 is 0. The van der Waals surface area contributed by atoms with Crippen LogP contribution in [0, 0.1) is 19.8 Å². The minimum atomic E-state index is 0.0697. The second-order valence-electron chi connectivity index (χ2n) is 6.00. The molecule has 1 aliphatic carbocycles. The maximum atomic E-state index is 6.24. The van der Waals surface area contributed by atoms with Gasteiger partial charge in [-0.25, -0.2) is 0 Å². The lowest BCUT2D eigenvalue weighted by atomic mass is 9.75. The van der Waals surface area contributed by atoms with Crippen molar-refractivity contribution >= 4 is 0 Å². The van der Waals surface area contributed by atoms with Crippen molar-refractivity contribution in [1.29, 1.82) is 0 Å². The average Bonchev–Trinajstić information content (AvgIpc) is 2.68. The SMILES string of the molecule is Cc1ccc2c(c1C)COC21CCC(C)CC1. The molecule has 0 radical (unpaired) electrons. The van der Waals surface area contributed by atoms with Gasteiger partial charge in [-0.2, -0.15) is 0 Å². The molecule has 0 N–H and O–H groups in total. The molecule has 1 nitrogen and oxygen atoms in total. The minimum Gasteiger partial charge on any atom is -0.366 e. The Morgan fingerprint density at radius 2 is 1.88 bits per heavy atom. The van der Waals surface area contributed by atoms with Crippen LogP contribution in [-0.4, -0.2) is 0 Å². The smallest absolute Gasteiger partial charge is 0.0939 e. The molecule has 1 fully saturated rings. The van der Waals surface area contributed by atoms with Gasteiger partial charge in [-0.3, -0.25) is 0 Å². The van der Waals surface area contributed by atoms with Gasteiger partial charge in [0.15, 0.2) is 0 Å². The number of aryl methyl sites for hydroxylation is 1. The van der Waals surface area contributed by atoms with E-state index >= 15 is 0 Å². The highest BCUT2D eigenvalue weighted by molar-refractivity contribution is 5.44. The van der Waals surface area contributed by atoms with Crippen molar-refractivity contribution in [2.24, 2.45) is 5.92 Å². The molecule has 0 unspecified atom stereocenters. The predicted molar refractivity (Wildman–Crippen MR) is 70.0 cm³/mol. The average molecular weight is 230 g/mol. The first-order valence-corrected chi connectivity index (χ1v) is 6.86. The molecule has 1 saturated carbocycles. The van der Waals surface area contributed by atoms with E-state index in [4.69, 9.17) is 4.74 Å². The predicted octanol–water partition coefficient (Wildman–Crippen LogP) is 4.24. The molecule has 0 amide bonds. The van der Waals surface area contributed by atoms with E-state index in [1.54, 1.807) is 0 Å². The molecule has 17 heavy (non-hydrogen) atoms. The van der Waals surface area contributed by atoms with Gasteiger partial charge in [-0.1, -0.05) is 19.1 Å². The summed E-state index contributed by atoms with van der Waals surface area (Å²) in [4.78, 5) is 0. The van der Waals surface area contributed by atoms with Gasteiger partial charge >= 0.3 is 0 Å². The summed E-state index contributed by atoms with van der Waals surface area (Å²) in [6.45, 7) is 7.63. The zero-order valence-electron chi connectivity index (χ0n) is 11.2. The van der Waals surface area contributed by atoms with E-state index in [1.807, 2.05) is 0 Å². The molecule has 1 aromatic rings. The summed E-state index contributed by atoms with van der Waals surface area (Å²) in [5.74, 6) is 0.875. The first-order chi connectivity index (χ1) is 8.12. The van der Waals surface area contributed by atoms with Gasteiger partial charge in [0, 0.05) is 0 Å². The zero-order valence-corrected chi connectivity index (χ0v) is 11.2. The molecule has 92 valence electrons. The highest BCUT2D eigenvalue weighted by Gasteiger charge is 2.42. The van der Waals surface area contributed by atoms with Crippen LogP contribution in [0.15, 0.2) is 12.1 Å². The maximum Gasteiger partial charge on any atom is 0.0939 e. The fourth-order valence-electron chi connectivity index (χ4n) is 3.42. The Kier molecular flexibility index (Phi) is 2.55. The van der Waals surface area contributed by atoms with E-state index in [9.17, 15) is 0 Å². The monoisotopic (exact) mass is 230 g/mol. The van der Waals surface area contributed by atoms with Crippen molar-refractivity contribution in [2.75, 3.05) is 0 Å². The van der Waals surface area contributed by atoms with Crippen LogP contribution in [0.4, 0.5) is 0 Å². The van der Waals surface area contributed by atoms with Gasteiger partial charge in [0.05, 0.1) is 12.2 Å². The molecule has 1 heteroatoms. The second-order valence-corrected chi connectivity index (χ2v) is 6.00. The lowest BCUT2D eigenvalue weighted by Crippen LogP contribution is -2.30. The summed E-state index contributed by atoms with van der Waals surface area (Å²) in [6, 6.07) is 4.59. The Morgan fingerprint density at radius 1 is 1.18 bits per heavy atom. The van der Waals surface area contributed by atoms with Crippen LogP contribution in [0.2, 0.25) is 0 Å². The van der Waals surface area contributed by atoms with E-state index < -0.39 is 0 Å². The Morgan fingerprint density at radius 3 is 2.59 bits per heavy atom. The van der Waals surface area contributed by atoms with E-state index in [-0.39, 0.29) is 5.60 Å². The molecule has 1 aliphatic heterocycles. The van der Waals surface area contributed by atoms with Crippen LogP contribution in [0.25, 0.3) is 0 Å². The topological polar surface area (TPSA) is 9.23 Å². The van der Waals surface area contributed by atoms with Crippen molar-refractivity contribution in [3.63, 3.8) is 0 Å². The molecular weight excluding hydrogens is 208 g/mol. The van der Waals surface area contributed by atoms with Gasteiger partial charge in [-0.05, 0) is 67.7 Å². The summed E-state index contributed by atoms with van der Waals surface area (Å²) < 4.78 is 6.24. The van der Waals surface area contributed by atoms with Crippen LogP contribution in [-0.2, 0) is 16.9 Å². The zero-order chi connectivity index (χ0) is 12.0. The van der Waals surface area contributed by atoms with Gasteiger partial charge < -0.3 is 4.74 Å². The number of hydrogen-bond donors (Lipinski definition) is 0.